The van der Waals surface area contributed by atoms with Crippen molar-refractivity contribution >= 4 is 68.6 Å². The van der Waals surface area contributed by atoms with Gasteiger partial charge < -0.3 is 14.7 Å². The molecular weight excluding hydrogens is 780 g/mol. The van der Waals surface area contributed by atoms with Crippen molar-refractivity contribution in [2.75, 3.05) is 14.7 Å². The SMILES string of the molecule is CC(C)(C)c1ccc(N2c3ccc(C(C)(C)C)cc3B3c4cc5c(cc4N(c4ccccc4)c4cc(N6c7ccc(F)cc7C7(C)CCCC67C)cc2c43)C(C)(C)CCC5(C)C)cc1. The van der Waals surface area contributed by atoms with Crippen molar-refractivity contribution in [3.8, 4) is 0 Å². The summed E-state index contributed by atoms with van der Waals surface area (Å²) in [7, 11) is 0. The highest BCUT2D eigenvalue weighted by atomic mass is 19.1. The fraction of sp³-hybridized carbons (Fsp3) is 0.390. The number of nitrogens with zero attached hydrogens (tertiary/aromatic N) is 3. The third-order valence-electron chi connectivity index (χ3n) is 17.0. The molecule has 0 bridgehead atoms. The van der Waals surface area contributed by atoms with Gasteiger partial charge in [-0.05, 0) is 165 Å². The van der Waals surface area contributed by atoms with Gasteiger partial charge >= 0.3 is 0 Å². The highest BCUT2D eigenvalue weighted by Crippen LogP contribution is 2.63. The van der Waals surface area contributed by atoms with E-state index in [-0.39, 0.29) is 45.1 Å². The largest absolute Gasteiger partial charge is 0.334 e. The van der Waals surface area contributed by atoms with Gasteiger partial charge in [0.1, 0.15) is 5.82 Å². The highest BCUT2D eigenvalue weighted by Gasteiger charge is 2.60. The van der Waals surface area contributed by atoms with Crippen molar-refractivity contribution in [2.24, 2.45) is 0 Å². The fourth-order valence-electron chi connectivity index (χ4n) is 12.8. The molecule has 0 saturated heterocycles. The van der Waals surface area contributed by atoms with Gasteiger partial charge in [-0.2, -0.15) is 0 Å². The van der Waals surface area contributed by atoms with Crippen molar-refractivity contribution in [3.63, 3.8) is 0 Å². The Kier molecular flexibility index (Phi) is 8.67. The third kappa shape index (κ3) is 5.77. The molecule has 5 aliphatic rings. The number of anilines is 8. The van der Waals surface area contributed by atoms with E-state index < -0.39 is 0 Å². The third-order valence-corrected chi connectivity index (χ3v) is 17.0. The van der Waals surface area contributed by atoms with Gasteiger partial charge in [-0.1, -0.05) is 131 Å². The second-order valence-corrected chi connectivity index (χ2v) is 23.8. The van der Waals surface area contributed by atoms with E-state index in [1.54, 1.807) is 6.07 Å². The van der Waals surface area contributed by atoms with Crippen LogP contribution in [0, 0.1) is 5.82 Å². The summed E-state index contributed by atoms with van der Waals surface area (Å²) in [6.45, 7) is 28.6. The van der Waals surface area contributed by atoms with E-state index in [9.17, 15) is 0 Å². The monoisotopic (exact) mass is 846 g/mol. The first kappa shape index (κ1) is 41.4. The van der Waals surface area contributed by atoms with Gasteiger partial charge in [0, 0.05) is 50.9 Å². The van der Waals surface area contributed by atoms with Gasteiger partial charge in [0.05, 0.1) is 5.54 Å². The minimum absolute atomic E-state index is 0.00478. The van der Waals surface area contributed by atoms with Gasteiger partial charge in [0.2, 0.25) is 0 Å². The Balaban J connectivity index is 1.28. The van der Waals surface area contributed by atoms with Gasteiger partial charge in [-0.3, -0.25) is 0 Å². The molecule has 2 atom stereocenters. The molecule has 3 nitrogen and oxygen atoms in total. The van der Waals surface area contributed by atoms with Crippen molar-refractivity contribution in [2.45, 2.75) is 148 Å². The molecule has 326 valence electrons. The van der Waals surface area contributed by atoms with Crippen molar-refractivity contribution in [1.82, 2.24) is 0 Å². The van der Waals surface area contributed by atoms with Gasteiger partial charge in [0.15, 0.2) is 0 Å². The molecule has 2 unspecified atom stereocenters. The summed E-state index contributed by atoms with van der Waals surface area (Å²) in [5.74, 6) is -0.156. The minimum atomic E-state index is -0.240. The first-order valence-electron chi connectivity index (χ1n) is 24.0. The Labute approximate surface area is 382 Å². The van der Waals surface area contributed by atoms with Crippen LogP contribution >= 0.6 is 0 Å². The normalized spacial score (nSPS) is 22.4. The molecule has 6 aromatic carbocycles. The average Bonchev–Trinajstić information content (AvgIpc) is 3.65. The van der Waals surface area contributed by atoms with E-state index in [1.165, 1.54) is 61.4 Å². The number of para-hydroxylation sites is 1. The Bertz CT molecular complexity index is 2900. The highest BCUT2D eigenvalue weighted by molar-refractivity contribution is 7.00. The molecule has 0 radical (unpaired) electrons. The number of fused-ring (bicyclic) bond motifs is 8. The molecule has 0 spiro atoms. The molecule has 5 heteroatoms. The van der Waals surface area contributed by atoms with Crippen molar-refractivity contribution in [3.05, 3.63) is 149 Å². The standard InChI is InChI=1S/C59H65BFN3/c1-54(2,3)37-19-23-41(24-20-37)62-49-25-21-38(55(4,5)6)31-46(49)60-47-35-43-44(57(9,10)30-29-56(43,7)8)36-50(47)63(40-17-14-13-15-18-40)52-34-42(33-51(62)53(52)60)64-48-26-22-39(61)32-45(48)58(11)27-16-28-59(58,64)12/h13-15,17-26,31-36H,16,27-30H2,1-12H3. The van der Waals surface area contributed by atoms with Crippen molar-refractivity contribution in [1.29, 1.82) is 0 Å². The fourth-order valence-corrected chi connectivity index (χ4v) is 12.8. The van der Waals surface area contributed by atoms with Crippen LogP contribution in [0.15, 0.2) is 115 Å². The summed E-state index contributed by atoms with van der Waals surface area (Å²) in [5.41, 5.74) is 20.0. The van der Waals surface area contributed by atoms with Crippen LogP contribution in [0.25, 0.3) is 0 Å². The lowest BCUT2D eigenvalue weighted by Crippen LogP contribution is -2.62. The Morgan fingerprint density at radius 2 is 1.05 bits per heavy atom. The summed E-state index contributed by atoms with van der Waals surface area (Å²) >= 11 is 0. The Hall–Kier alpha value is -5.29. The molecule has 64 heavy (non-hydrogen) atoms. The zero-order valence-corrected chi connectivity index (χ0v) is 40.3. The second-order valence-electron chi connectivity index (χ2n) is 23.8. The van der Waals surface area contributed by atoms with Crippen LogP contribution in [0.2, 0.25) is 0 Å². The van der Waals surface area contributed by atoms with E-state index >= 15 is 4.39 Å². The van der Waals surface area contributed by atoms with Crippen LogP contribution < -0.4 is 31.1 Å². The smallest absolute Gasteiger partial charge is 0.252 e. The first-order valence-corrected chi connectivity index (χ1v) is 24.0. The predicted molar refractivity (Wildman–Crippen MR) is 271 cm³/mol. The van der Waals surface area contributed by atoms with E-state index in [0.717, 1.165) is 60.4 Å². The van der Waals surface area contributed by atoms with E-state index in [2.05, 4.69) is 201 Å². The molecule has 0 aromatic heterocycles. The maximum absolute atomic E-state index is 15.4. The molecule has 0 amide bonds. The van der Waals surface area contributed by atoms with E-state index in [4.69, 9.17) is 0 Å². The summed E-state index contributed by atoms with van der Waals surface area (Å²) < 4.78 is 15.4. The second kappa shape index (κ2) is 13.4. The number of hydrogen-bond acceptors (Lipinski definition) is 3. The molecule has 1 saturated carbocycles. The molecule has 3 aliphatic heterocycles. The summed E-state index contributed by atoms with van der Waals surface area (Å²) in [4.78, 5) is 7.80. The lowest BCUT2D eigenvalue weighted by atomic mass is 9.33. The number of hydrogen-bond donors (Lipinski definition) is 0. The quantitative estimate of drug-likeness (QED) is 0.164. The molecule has 6 aromatic rings. The Morgan fingerprint density at radius 1 is 0.484 bits per heavy atom. The maximum atomic E-state index is 15.4. The van der Waals surface area contributed by atoms with E-state index in [1.807, 2.05) is 6.07 Å². The van der Waals surface area contributed by atoms with E-state index in [0.29, 0.717) is 0 Å². The summed E-state index contributed by atoms with van der Waals surface area (Å²) in [6, 6.07) is 43.6. The van der Waals surface area contributed by atoms with Crippen LogP contribution in [0.1, 0.15) is 143 Å². The zero-order chi connectivity index (χ0) is 45.1. The van der Waals surface area contributed by atoms with Gasteiger partial charge in [-0.15, -0.1) is 0 Å². The number of rotatable bonds is 3. The minimum Gasteiger partial charge on any atom is -0.334 e. The number of halogens is 1. The maximum Gasteiger partial charge on any atom is 0.252 e. The molecular formula is C59H65BFN3. The molecule has 3 heterocycles. The Morgan fingerprint density at radius 3 is 1.69 bits per heavy atom. The van der Waals surface area contributed by atoms with Gasteiger partial charge in [0.25, 0.3) is 6.71 Å². The molecule has 1 fully saturated rings. The van der Waals surface area contributed by atoms with Crippen LogP contribution in [0.3, 0.4) is 0 Å². The van der Waals surface area contributed by atoms with Crippen LogP contribution in [0.4, 0.5) is 49.9 Å². The van der Waals surface area contributed by atoms with Crippen LogP contribution in [-0.2, 0) is 27.1 Å². The lowest BCUT2D eigenvalue weighted by molar-refractivity contribution is 0.330. The first-order chi connectivity index (χ1) is 30.1. The topological polar surface area (TPSA) is 9.72 Å². The lowest BCUT2D eigenvalue weighted by Gasteiger charge is -2.48. The average molecular weight is 846 g/mol. The molecule has 0 N–H and O–H groups in total. The van der Waals surface area contributed by atoms with Crippen LogP contribution in [0.5, 0.6) is 0 Å². The zero-order valence-electron chi connectivity index (χ0n) is 40.3. The molecule has 2 aliphatic carbocycles. The van der Waals surface area contributed by atoms with Crippen LogP contribution in [-0.4, -0.2) is 12.3 Å². The summed E-state index contributed by atoms with van der Waals surface area (Å²) in [5, 5.41) is 0. The summed E-state index contributed by atoms with van der Waals surface area (Å²) in [6.07, 6.45) is 5.49. The predicted octanol–water partition coefficient (Wildman–Crippen LogP) is 14.2. The van der Waals surface area contributed by atoms with Crippen molar-refractivity contribution < 1.29 is 4.39 Å². The van der Waals surface area contributed by atoms with Gasteiger partial charge in [-0.25, -0.2) is 4.39 Å². The molecule has 11 rings (SSSR count). The number of benzene rings is 6.